The second kappa shape index (κ2) is 8.85. The third kappa shape index (κ3) is 5.18. The van der Waals surface area contributed by atoms with Crippen LogP contribution in [-0.2, 0) is 4.74 Å². The summed E-state index contributed by atoms with van der Waals surface area (Å²) in [5, 5.41) is 0. The largest absolute Gasteiger partial charge is 0.462 e. The van der Waals surface area contributed by atoms with E-state index in [4.69, 9.17) is 4.74 Å². The van der Waals surface area contributed by atoms with Gasteiger partial charge in [0, 0.05) is 18.9 Å². The van der Waals surface area contributed by atoms with Crippen LogP contribution in [0.15, 0.2) is 70.8 Å². The van der Waals surface area contributed by atoms with E-state index in [-0.39, 0.29) is 5.57 Å². The number of halogens is 2. The number of hydrogen-bond acceptors (Lipinski definition) is 1. The molecule has 3 aliphatic rings. The first-order valence-electron chi connectivity index (χ1n) is 10.9. The quantitative estimate of drug-likeness (QED) is 0.410. The first-order valence-corrected chi connectivity index (χ1v) is 10.9. The molecule has 0 radical (unpaired) electrons. The van der Waals surface area contributed by atoms with E-state index in [1.54, 1.807) is 6.92 Å². The van der Waals surface area contributed by atoms with Crippen molar-refractivity contribution in [1.29, 1.82) is 0 Å². The van der Waals surface area contributed by atoms with Gasteiger partial charge in [-0.05, 0) is 74.5 Å². The normalized spacial score (nSPS) is 26.5. The number of hydrogen-bond donors (Lipinski definition) is 0. The Morgan fingerprint density at radius 3 is 2.66 bits per heavy atom. The van der Waals surface area contributed by atoms with Crippen LogP contribution >= 0.6 is 0 Å². The van der Waals surface area contributed by atoms with Gasteiger partial charge >= 0.3 is 0 Å². The van der Waals surface area contributed by atoms with E-state index in [1.807, 2.05) is 6.08 Å². The predicted octanol–water partition coefficient (Wildman–Crippen LogP) is 8.05. The van der Waals surface area contributed by atoms with Crippen LogP contribution in [0.4, 0.5) is 8.78 Å². The summed E-state index contributed by atoms with van der Waals surface area (Å²) in [4.78, 5) is 0. The maximum atomic E-state index is 13.8. The smallest absolute Gasteiger partial charge is 0.267 e. The summed E-state index contributed by atoms with van der Waals surface area (Å²) >= 11 is 0. The lowest BCUT2D eigenvalue weighted by Crippen LogP contribution is -2.19. The molecule has 0 aliphatic heterocycles. The van der Waals surface area contributed by atoms with Gasteiger partial charge in [0.2, 0.25) is 0 Å². The van der Waals surface area contributed by atoms with Gasteiger partial charge in [-0.2, -0.15) is 0 Å². The van der Waals surface area contributed by atoms with Crippen LogP contribution in [0.25, 0.3) is 0 Å². The van der Waals surface area contributed by atoms with Crippen LogP contribution in [-0.4, -0.2) is 5.92 Å². The van der Waals surface area contributed by atoms with Gasteiger partial charge in [0.05, 0.1) is 0 Å². The van der Waals surface area contributed by atoms with Crippen LogP contribution in [0, 0.1) is 17.8 Å². The molecule has 3 aliphatic carbocycles. The Hall–Kier alpha value is -1.90. The average molecular weight is 401 g/mol. The second-order valence-corrected chi connectivity index (χ2v) is 8.95. The molecule has 3 unspecified atom stereocenters. The van der Waals surface area contributed by atoms with E-state index < -0.39 is 5.92 Å². The number of allylic oxidation sites excluding steroid dienone is 10. The summed E-state index contributed by atoms with van der Waals surface area (Å²) in [6.45, 7) is 11.7. The summed E-state index contributed by atoms with van der Waals surface area (Å²) in [6.07, 6.45) is 15.6. The second-order valence-electron chi connectivity index (χ2n) is 8.95. The minimum absolute atomic E-state index is 0.204. The molecule has 0 N–H and O–H groups in total. The van der Waals surface area contributed by atoms with Crippen molar-refractivity contribution in [1.82, 2.24) is 0 Å². The summed E-state index contributed by atoms with van der Waals surface area (Å²) in [5.41, 5.74) is 3.57. The van der Waals surface area contributed by atoms with Crippen LogP contribution in [0.3, 0.4) is 0 Å². The van der Waals surface area contributed by atoms with E-state index in [2.05, 4.69) is 44.7 Å². The first kappa shape index (κ1) is 21.8. The number of rotatable bonds is 6. The highest BCUT2D eigenvalue weighted by atomic mass is 19.3. The van der Waals surface area contributed by atoms with E-state index in [1.165, 1.54) is 11.1 Å². The Balaban J connectivity index is 1.62. The number of alkyl halides is 2. The van der Waals surface area contributed by atoms with Crippen LogP contribution < -0.4 is 0 Å². The van der Waals surface area contributed by atoms with Gasteiger partial charge in [0.1, 0.15) is 11.5 Å². The molecule has 0 fully saturated rings. The van der Waals surface area contributed by atoms with Crippen molar-refractivity contribution in [3.05, 3.63) is 70.8 Å². The van der Waals surface area contributed by atoms with Crippen LogP contribution in [0.2, 0.25) is 0 Å². The van der Waals surface area contributed by atoms with Crippen molar-refractivity contribution < 1.29 is 13.5 Å². The molecule has 0 saturated carbocycles. The summed E-state index contributed by atoms with van der Waals surface area (Å²) < 4.78 is 33.7. The van der Waals surface area contributed by atoms with Gasteiger partial charge < -0.3 is 4.74 Å². The molecule has 0 bridgehead atoms. The summed E-state index contributed by atoms with van der Waals surface area (Å²) in [5.74, 6) is 0.167. The zero-order valence-corrected chi connectivity index (χ0v) is 18.2. The lowest BCUT2D eigenvalue weighted by atomic mass is 9.76. The molecule has 0 heterocycles. The van der Waals surface area contributed by atoms with Crippen molar-refractivity contribution in [2.45, 2.75) is 72.1 Å². The fourth-order valence-corrected chi connectivity index (χ4v) is 4.67. The first-order chi connectivity index (χ1) is 13.7. The maximum Gasteiger partial charge on any atom is 0.267 e. The minimum atomic E-state index is -2.78. The van der Waals surface area contributed by atoms with E-state index in [0.717, 1.165) is 38.4 Å². The zero-order valence-electron chi connectivity index (χ0n) is 18.2. The van der Waals surface area contributed by atoms with Crippen molar-refractivity contribution in [2.24, 2.45) is 17.8 Å². The summed E-state index contributed by atoms with van der Waals surface area (Å²) in [6, 6.07) is 0. The SMILES string of the molecule is C=C(C1CC=C(OC2=CCCC(C(C)(F)F)=C2C)CC1)C(C)C1=CC=CC(C)C1. The lowest BCUT2D eigenvalue weighted by molar-refractivity contribution is 0.0573. The Morgan fingerprint density at radius 2 is 2.03 bits per heavy atom. The molecule has 3 heteroatoms. The molecular formula is C26H34F2O. The van der Waals surface area contributed by atoms with Gasteiger partial charge in [-0.25, -0.2) is 8.78 Å². The van der Waals surface area contributed by atoms with Crippen molar-refractivity contribution in [2.75, 3.05) is 0 Å². The molecule has 0 aromatic rings. The van der Waals surface area contributed by atoms with Gasteiger partial charge in [0.15, 0.2) is 0 Å². The third-order valence-corrected chi connectivity index (χ3v) is 6.63. The fraction of sp³-hybridized carbons (Fsp3) is 0.538. The van der Waals surface area contributed by atoms with Crippen LogP contribution in [0.5, 0.6) is 0 Å². The molecule has 0 saturated heterocycles. The van der Waals surface area contributed by atoms with Gasteiger partial charge in [-0.15, -0.1) is 0 Å². The molecular weight excluding hydrogens is 366 g/mol. The topological polar surface area (TPSA) is 9.23 Å². The highest BCUT2D eigenvalue weighted by Crippen LogP contribution is 2.40. The van der Waals surface area contributed by atoms with Crippen molar-refractivity contribution in [3.8, 4) is 0 Å². The Kier molecular flexibility index (Phi) is 6.65. The van der Waals surface area contributed by atoms with E-state index in [0.29, 0.717) is 41.9 Å². The molecule has 3 rings (SSSR count). The summed E-state index contributed by atoms with van der Waals surface area (Å²) in [7, 11) is 0. The lowest BCUT2D eigenvalue weighted by Gasteiger charge is -2.31. The predicted molar refractivity (Wildman–Crippen MR) is 116 cm³/mol. The third-order valence-electron chi connectivity index (χ3n) is 6.63. The van der Waals surface area contributed by atoms with E-state index in [9.17, 15) is 8.78 Å². The minimum Gasteiger partial charge on any atom is -0.462 e. The molecule has 0 amide bonds. The standard InChI is InChI=1S/C26H34F2O/c1-17-8-6-9-22(16-17)19(3)18(2)21-12-14-23(15-13-21)29-25-11-7-10-24(20(25)4)26(5,27)28/h6,8-9,11,14,17,19,21H,2,7,10,12-13,15-16H2,1,3-5H3. The monoisotopic (exact) mass is 400 g/mol. The molecule has 29 heavy (non-hydrogen) atoms. The molecule has 1 nitrogen and oxygen atoms in total. The molecule has 0 spiro atoms. The van der Waals surface area contributed by atoms with Crippen LogP contribution in [0.1, 0.15) is 66.2 Å². The maximum absolute atomic E-state index is 13.8. The van der Waals surface area contributed by atoms with Crippen molar-refractivity contribution in [3.63, 3.8) is 0 Å². The van der Waals surface area contributed by atoms with Crippen molar-refractivity contribution >= 4 is 0 Å². The van der Waals surface area contributed by atoms with Gasteiger partial charge in [0.25, 0.3) is 5.92 Å². The molecule has 158 valence electrons. The molecule has 3 atom stereocenters. The highest BCUT2D eigenvalue weighted by Gasteiger charge is 2.32. The van der Waals surface area contributed by atoms with Gasteiger partial charge in [-0.3, -0.25) is 0 Å². The highest BCUT2D eigenvalue weighted by molar-refractivity contribution is 5.37. The Bertz CT molecular complexity index is 801. The Morgan fingerprint density at radius 1 is 1.28 bits per heavy atom. The van der Waals surface area contributed by atoms with Gasteiger partial charge in [-0.1, -0.05) is 49.8 Å². The molecule has 0 aromatic carbocycles. The fourth-order valence-electron chi connectivity index (χ4n) is 4.67. The zero-order chi connectivity index (χ0) is 21.2. The average Bonchev–Trinajstić information content (AvgIpc) is 2.68. The Labute approximate surface area is 174 Å². The van der Waals surface area contributed by atoms with E-state index >= 15 is 0 Å². The molecule has 0 aromatic heterocycles. The number of ether oxygens (including phenoxy) is 1.